The number of hydrogen-bond donors (Lipinski definition) is 0. The van der Waals surface area contributed by atoms with E-state index in [-0.39, 0.29) is 17.9 Å². The number of rotatable bonds is 1. The van der Waals surface area contributed by atoms with Crippen LogP contribution in [-0.4, -0.2) is 22.8 Å². The number of benzene rings is 2. The van der Waals surface area contributed by atoms with Gasteiger partial charge in [-0.25, -0.2) is 0 Å². The average Bonchev–Trinajstić information content (AvgIpc) is 3.03. The summed E-state index contributed by atoms with van der Waals surface area (Å²) in [5, 5.41) is 2.08. The Labute approximate surface area is 148 Å². The third-order valence-electron chi connectivity index (χ3n) is 6.89. The van der Waals surface area contributed by atoms with Gasteiger partial charge in [0.05, 0.1) is 0 Å². The minimum Gasteiger partial charge on any atom is -0.271 e. The third-order valence-corrected chi connectivity index (χ3v) is 6.89. The van der Waals surface area contributed by atoms with Crippen molar-refractivity contribution in [1.82, 2.24) is 4.90 Å². The molecule has 1 saturated carbocycles. The van der Waals surface area contributed by atoms with Gasteiger partial charge in [-0.15, -0.1) is 0 Å². The Balaban J connectivity index is 1.69. The highest BCUT2D eigenvalue weighted by Gasteiger charge is 2.42. The number of carbonyl (C=O) groups is 2. The molecule has 1 aliphatic heterocycles. The van der Waals surface area contributed by atoms with E-state index in [4.69, 9.17) is 0 Å². The minimum absolute atomic E-state index is 0.0245. The Bertz CT molecular complexity index is 871. The van der Waals surface area contributed by atoms with E-state index >= 15 is 0 Å². The molecule has 0 spiro atoms. The van der Waals surface area contributed by atoms with Crippen molar-refractivity contribution in [3.8, 4) is 0 Å². The van der Waals surface area contributed by atoms with Gasteiger partial charge < -0.3 is 0 Å². The van der Waals surface area contributed by atoms with Crippen molar-refractivity contribution in [2.24, 2.45) is 11.8 Å². The lowest BCUT2D eigenvalue weighted by Crippen LogP contribution is -2.52. The number of nitrogens with zero attached hydrogens (tertiary/aromatic N) is 1. The molecular formula is C22H23NO2. The number of hydrogen-bond acceptors (Lipinski definition) is 2. The van der Waals surface area contributed by atoms with E-state index in [9.17, 15) is 9.59 Å². The summed E-state index contributed by atoms with van der Waals surface area (Å²) in [4.78, 5) is 28.2. The van der Waals surface area contributed by atoms with Crippen molar-refractivity contribution in [2.45, 2.75) is 52.0 Å². The van der Waals surface area contributed by atoms with Crippen molar-refractivity contribution in [2.75, 3.05) is 0 Å². The molecule has 0 unspecified atom stereocenters. The molecule has 3 nitrogen and oxygen atoms in total. The van der Waals surface area contributed by atoms with Crippen LogP contribution in [0.2, 0.25) is 0 Å². The average molecular weight is 333 g/mol. The zero-order chi connectivity index (χ0) is 17.3. The Morgan fingerprint density at radius 1 is 0.840 bits per heavy atom. The van der Waals surface area contributed by atoms with Crippen LogP contribution < -0.4 is 0 Å². The molecule has 5 rings (SSSR count). The monoisotopic (exact) mass is 333 g/mol. The fourth-order valence-corrected chi connectivity index (χ4v) is 5.26. The Hall–Kier alpha value is -2.16. The topological polar surface area (TPSA) is 37.4 Å². The van der Waals surface area contributed by atoms with Gasteiger partial charge in [-0.3, -0.25) is 14.5 Å². The second kappa shape index (κ2) is 5.17. The predicted octanol–water partition coefficient (Wildman–Crippen LogP) is 4.36. The second-order valence-electron chi connectivity index (χ2n) is 8.11. The minimum atomic E-state index is -0.0842. The van der Waals surface area contributed by atoms with Gasteiger partial charge in [-0.1, -0.05) is 38.8 Å². The molecule has 128 valence electrons. The number of imide groups is 1. The van der Waals surface area contributed by atoms with Crippen molar-refractivity contribution in [3.05, 3.63) is 46.5 Å². The summed E-state index contributed by atoms with van der Waals surface area (Å²) in [6.07, 6.45) is 5.23. The van der Waals surface area contributed by atoms with Crippen LogP contribution in [0, 0.1) is 11.8 Å². The molecule has 0 radical (unpaired) electrons. The summed E-state index contributed by atoms with van der Waals surface area (Å²) in [6.45, 7) is 4.44. The van der Waals surface area contributed by atoms with Gasteiger partial charge in [0, 0.05) is 22.6 Å². The lowest BCUT2D eigenvalue weighted by Gasteiger charge is -2.42. The standard InChI is InChI=1S/C22H23NO2/c1-12-4-3-5-18(13(12)2)23-21(24)16-10-8-14-6-7-15-9-11-17(22(23)25)20(16)19(14)15/h8-13,18H,3-7H2,1-2H3/t12-,13+,18-/m0/s1. The van der Waals surface area contributed by atoms with E-state index in [0.717, 1.165) is 42.2 Å². The van der Waals surface area contributed by atoms with Gasteiger partial charge in [0.2, 0.25) is 0 Å². The van der Waals surface area contributed by atoms with E-state index in [1.165, 1.54) is 22.9 Å². The van der Waals surface area contributed by atoms with E-state index in [1.807, 2.05) is 12.1 Å². The maximum atomic E-state index is 13.3. The van der Waals surface area contributed by atoms with Crippen LogP contribution in [0.25, 0.3) is 10.8 Å². The summed E-state index contributed by atoms with van der Waals surface area (Å²) in [5.74, 6) is 0.735. The maximum absolute atomic E-state index is 13.3. The smallest absolute Gasteiger partial charge is 0.261 e. The molecule has 1 heterocycles. The number of amides is 2. The summed E-state index contributed by atoms with van der Waals surface area (Å²) in [5.41, 5.74) is 4.01. The van der Waals surface area contributed by atoms with E-state index in [0.29, 0.717) is 11.8 Å². The molecule has 3 aliphatic rings. The molecule has 0 aromatic heterocycles. The molecule has 0 saturated heterocycles. The SMILES string of the molecule is C[C@@H]1[C@@H](C)CCC[C@@H]1N1C(=O)c2ccc3c4c(ccc(c24)C1=O)CC3. The highest BCUT2D eigenvalue weighted by molar-refractivity contribution is 6.26. The fourth-order valence-electron chi connectivity index (χ4n) is 5.26. The van der Waals surface area contributed by atoms with Gasteiger partial charge in [0.15, 0.2) is 0 Å². The lowest BCUT2D eigenvalue weighted by atomic mass is 9.76. The molecule has 0 N–H and O–H groups in total. The first-order valence-electron chi connectivity index (χ1n) is 9.53. The summed E-state index contributed by atoms with van der Waals surface area (Å²) >= 11 is 0. The van der Waals surface area contributed by atoms with Crippen molar-refractivity contribution in [1.29, 1.82) is 0 Å². The molecule has 2 aromatic carbocycles. The molecule has 2 aliphatic carbocycles. The molecule has 25 heavy (non-hydrogen) atoms. The summed E-state index contributed by atoms with van der Waals surface area (Å²) < 4.78 is 0. The maximum Gasteiger partial charge on any atom is 0.261 e. The number of aryl methyl sites for hydroxylation is 2. The van der Waals surface area contributed by atoms with E-state index in [2.05, 4.69) is 26.0 Å². The fraction of sp³-hybridized carbons (Fsp3) is 0.455. The summed E-state index contributed by atoms with van der Waals surface area (Å²) in [7, 11) is 0. The van der Waals surface area contributed by atoms with Gasteiger partial charge in [-0.2, -0.15) is 0 Å². The molecule has 2 amide bonds. The Kier molecular flexibility index (Phi) is 3.13. The molecule has 1 fully saturated rings. The number of carbonyl (C=O) groups excluding carboxylic acids is 2. The van der Waals surface area contributed by atoms with Gasteiger partial charge in [-0.05, 0) is 59.7 Å². The molecule has 2 aromatic rings. The van der Waals surface area contributed by atoms with Crippen LogP contribution in [0.4, 0.5) is 0 Å². The zero-order valence-electron chi connectivity index (χ0n) is 14.8. The first-order valence-corrected chi connectivity index (χ1v) is 9.53. The Morgan fingerprint density at radius 3 is 2.04 bits per heavy atom. The first-order chi connectivity index (χ1) is 12.1. The van der Waals surface area contributed by atoms with E-state index in [1.54, 1.807) is 4.90 Å². The Morgan fingerprint density at radius 2 is 1.44 bits per heavy atom. The summed E-state index contributed by atoms with van der Waals surface area (Å²) in [6, 6.07) is 8.12. The first kappa shape index (κ1) is 15.1. The van der Waals surface area contributed by atoms with Gasteiger partial charge >= 0.3 is 0 Å². The molecule has 3 heteroatoms. The molecular weight excluding hydrogens is 310 g/mol. The van der Waals surface area contributed by atoms with Crippen LogP contribution >= 0.6 is 0 Å². The largest absolute Gasteiger partial charge is 0.271 e. The van der Waals surface area contributed by atoms with Gasteiger partial charge in [0.25, 0.3) is 11.8 Å². The van der Waals surface area contributed by atoms with Crippen LogP contribution in [0.3, 0.4) is 0 Å². The molecule has 3 atom stereocenters. The van der Waals surface area contributed by atoms with Crippen LogP contribution in [-0.2, 0) is 12.8 Å². The van der Waals surface area contributed by atoms with Crippen molar-refractivity contribution < 1.29 is 9.59 Å². The predicted molar refractivity (Wildman–Crippen MR) is 97.8 cm³/mol. The highest BCUT2D eigenvalue weighted by atomic mass is 16.2. The van der Waals surface area contributed by atoms with E-state index < -0.39 is 0 Å². The zero-order valence-corrected chi connectivity index (χ0v) is 14.8. The molecule has 0 bridgehead atoms. The lowest BCUT2D eigenvalue weighted by molar-refractivity contribution is 0.0385. The quantitative estimate of drug-likeness (QED) is 0.727. The van der Waals surface area contributed by atoms with Crippen LogP contribution in [0.15, 0.2) is 24.3 Å². The third kappa shape index (κ3) is 1.92. The van der Waals surface area contributed by atoms with Crippen LogP contribution in [0.1, 0.15) is 65.0 Å². The van der Waals surface area contributed by atoms with Gasteiger partial charge in [0.1, 0.15) is 0 Å². The van der Waals surface area contributed by atoms with Crippen molar-refractivity contribution in [3.63, 3.8) is 0 Å². The normalized spacial score (nSPS) is 28.1. The second-order valence-corrected chi connectivity index (χ2v) is 8.11. The van der Waals surface area contributed by atoms with Crippen molar-refractivity contribution >= 4 is 22.6 Å². The highest BCUT2D eigenvalue weighted by Crippen LogP contribution is 2.41. The van der Waals surface area contributed by atoms with Crippen LogP contribution in [0.5, 0.6) is 0 Å².